The van der Waals surface area contributed by atoms with Crippen molar-refractivity contribution in [3.05, 3.63) is 26.6 Å². The van der Waals surface area contributed by atoms with Crippen LogP contribution in [0.15, 0.2) is 26.2 Å². The lowest BCUT2D eigenvalue weighted by Gasteiger charge is -2.25. The minimum absolute atomic E-state index is 0.143. The maximum Gasteiger partial charge on any atom is 0.254 e. The summed E-state index contributed by atoms with van der Waals surface area (Å²) in [6, 6.07) is 3.78. The SMILES string of the molecule is CCOc1c(Br)cc(Br)cc1C=NNC(=O)CN1CCOCC1. The zero-order valence-electron chi connectivity index (χ0n) is 12.8. The van der Waals surface area contributed by atoms with Crippen LogP contribution >= 0.6 is 31.9 Å². The third-order valence-electron chi connectivity index (χ3n) is 3.19. The quantitative estimate of drug-likeness (QED) is 0.536. The molecule has 0 saturated carbocycles. The highest BCUT2D eigenvalue weighted by Gasteiger charge is 2.13. The molecule has 2 rings (SSSR count). The van der Waals surface area contributed by atoms with Crippen LogP contribution < -0.4 is 10.2 Å². The molecule has 0 spiro atoms. The molecular weight excluding hydrogens is 430 g/mol. The molecule has 1 aliphatic heterocycles. The number of nitrogens with one attached hydrogen (secondary N) is 1. The molecule has 8 heteroatoms. The van der Waals surface area contributed by atoms with Crippen LogP contribution in [-0.4, -0.2) is 56.5 Å². The first kappa shape index (κ1) is 18.4. The van der Waals surface area contributed by atoms with Gasteiger partial charge in [-0.05, 0) is 35.0 Å². The summed E-state index contributed by atoms with van der Waals surface area (Å²) in [5.41, 5.74) is 3.33. The standard InChI is InChI=1S/C15H19Br2N3O3/c1-2-23-15-11(7-12(16)8-13(15)17)9-18-19-14(21)10-20-3-5-22-6-4-20/h7-9H,2-6,10H2,1H3,(H,19,21). The van der Waals surface area contributed by atoms with E-state index in [0.717, 1.165) is 27.6 Å². The Labute approximate surface area is 152 Å². The Morgan fingerprint density at radius 2 is 2.17 bits per heavy atom. The van der Waals surface area contributed by atoms with Gasteiger partial charge in [0.25, 0.3) is 5.91 Å². The summed E-state index contributed by atoms with van der Waals surface area (Å²) >= 11 is 6.89. The van der Waals surface area contributed by atoms with Crippen LogP contribution in [0.4, 0.5) is 0 Å². The molecule has 0 unspecified atom stereocenters. The van der Waals surface area contributed by atoms with Crippen LogP contribution in [0.2, 0.25) is 0 Å². The van der Waals surface area contributed by atoms with Crippen LogP contribution in [0.5, 0.6) is 5.75 Å². The molecule has 0 atom stereocenters. The molecular formula is C15H19Br2N3O3. The highest BCUT2D eigenvalue weighted by Crippen LogP contribution is 2.32. The molecule has 0 bridgehead atoms. The van der Waals surface area contributed by atoms with Crippen LogP contribution in [-0.2, 0) is 9.53 Å². The predicted octanol–water partition coefficient (Wildman–Crippen LogP) is 2.39. The van der Waals surface area contributed by atoms with Gasteiger partial charge in [-0.2, -0.15) is 5.10 Å². The van der Waals surface area contributed by atoms with E-state index in [4.69, 9.17) is 9.47 Å². The number of rotatable bonds is 6. The lowest BCUT2D eigenvalue weighted by Crippen LogP contribution is -2.42. The number of benzene rings is 1. The van der Waals surface area contributed by atoms with Gasteiger partial charge in [0, 0.05) is 23.1 Å². The van der Waals surface area contributed by atoms with Gasteiger partial charge in [0.15, 0.2) is 0 Å². The van der Waals surface area contributed by atoms with Gasteiger partial charge in [-0.25, -0.2) is 5.43 Å². The number of hydrogen-bond donors (Lipinski definition) is 1. The smallest absolute Gasteiger partial charge is 0.254 e. The number of amides is 1. The highest BCUT2D eigenvalue weighted by molar-refractivity contribution is 9.11. The number of hydrazone groups is 1. The Morgan fingerprint density at radius 1 is 1.43 bits per heavy atom. The Bertz CT molecular complexity index is 575. The monoisotopic (exact) mass is 447 g/mol. The fourth-order valence-corrected chi connectivity index (χ4v) is 3.52. The average Bonchev–Trinajstić information content (AvgIpc) is 2.51. The van der Waals surface area contributed by atoms with Gasteiger partial charge in [-0.15, -0.1) is 0 Å². The van der Waals surface area contributed by atoms with E-state index in [2.05, 4.69) is 42.4 Å². The Hall–Kier alpha value is -0.960. The van der Waals surface area contributed by atoms with E-state index in [0.29, 0.717) is 32.1 Å². The lowest BCUT2D eigenvalue weighted by molar-refractivity contribution is -0.123. The minimum Gasteiger partial charge on any atom is -0.492 e. The molecule has 126 valence electrons. The van der Waals surface area contributed by atoms with Crippen molar-refractivity contribution < 1.29 is 14.3 Å². The van der Waals surface area contributed by atoms with E-state index in [1.807, 2.05) is 24.0 Å². The van der Waals surface area contributed by atoms with Crippen molar-refractivity contribution in [3.8, 4) is 5.75 Å². The fourth-order valence-electron chi connectivity index (χ4n) is 2.14. The number of nitrogens with zero attached hydrogens (tertiary/aromatic N) is 2. The molecule has 6 nitrogen and oxygen atoms in total. The van der Waals surface area contributed by atoms with Crippen molar-refractivity contribution in [1.29, 1.82) is 0 Å². The molecule has 0 aromatic heterocycles. The molecule has 1 heterocycles. The first-order valence-electron chi connectivity index (χ1n) is 7.34. The van der Waals surface area contributed by atoms with E-state index in [1.165, 1.54) is 0 Å². The molecule has 1 aliphatic rings. The second kappa shape index (κ2) is 9.36. The van der Waals surface area contributed by atoms with Crippen molar-refractivity contribution in [3.63, 3.8) is 0 Å². The van der Waals surface area contributed by atoms with Gasteiger partial charge >= 0.3 is 0 Å². The maximum atomic E-state index is 11.9. The third kappa shape index (κ3) is 5.87. The van der Waals surface area contributed by atoms with Crippen molar-refractivity contribution in [2.75, 3.05) is 39.5 Å². The molecule has 0 aliphatic carbocycles. The van der Waals surface area contributed by atoms with Gasteiger partial charge in [0.2, 0.25) is 0 Å². The molecule has 1 N–H and O–H groups in total. The van der Waals surface area contributed by atoms with Crippen molar-refractivity contribution in [1.82, 2.24) is 10.3 Å². The Balaban J connectivity index is 1.95. The van der Waals surface area contributed by atoms with Gasteiger partial charge in [-0.3, -0.25) is 9.69 Å². The number of hydrogen-bond acceptors (Lipinski definition) is 5. The average molecular weight is 449 g/mol. The van der Waals surface area contributed by atoms with Crippen LogP contribution in [0, 0.1) is 0 Å². The Kier molecular flexibility index (Phi) is 7.48. The van der Waals surface area contributed by atoms with E-state index >= 15 is 0 Å². The maximum absolute atomic E-state index is 11.9. The van der Waals surface area contributed by atoms with Gasteiger partial charge < -0.3 is 9.47 Å². The van der Waals surface area contributed by atoms with E-state index in [-0.39, 0.29) is 5.91 Å². The second-order valence-electron chi connectivity index (χ2n) is 4.92. The molecule has 1 aromatic rings. The van der Waals surface area contributed by atoms with Crippen molar-refractivity contribution in [2.24, 2.45) is 5.10 Å². The summed E-state index contributed by atoms with van der Waals surface area (Å²) in [5.74, 6) is 0.553. The molecule has 1 amide bonds. The number of carbonyl (C=O) groups is 1. The lowest BCUT2D eigenvalue weighted by atomic mass is 10.2. The van der Waals surface area contributed by atoms with Gasteiger partial charge in [0.1, 0.15) is 5.75 Å². The van der Waals surface area contributed by atoms with Crippen molar-refractivity contribution in [2.45, 2.75) is 6.92 Å². The normalized spacial score (nSPS) is 15.8. The van der Waals surface area contributed by atoms with Gasteiger partial charge in [0.05, 0.1) is 37.1 Å². The topological polar surface area (TPSA) is 63.2 Å². The summed E-state index contributed by atoms with van der Waals surface area (Å²) in [5, 5.41) is 4.03. The summed E-state index contributed by atoms with van der Waals surface area (Å²) in [7, 11) is 0. The number of carbonyl (C=O) groups excluding carboxylic acids is 1. The third-order valence-corrected chi connectivity index (χ3v) is 4.24. The summed E-state index contributed by atoms with van der Waals surface area (Å²) in [6.07, 6.45) is 1.58. The summed E-state index contributed by atoms with van der Waals surface area (Å²) < 4.78 is 12.6. The number of ether oxygens (including phenoxy) is 2. The van der Waals surface area contributed by atoms with Gasteiger partial charge in [-0.1, -0.05) is 15.9 Å². The first-order chi connectivity index (χ1) is 11.1. The van der Waals surface area contributed by atoms with Crippen molar-refractivity contribution >= 4 is 44.0 Å². The summed E-state index contributed by atoms with van der Waals surface area (Å²) in [6.45, 7) is 5.65. The Morgan fingerprint density at radius 3 is 2.87 bits per heavy atom. The number of morpholine rings is 1. The number of halogens is 2. The van der Waals surface area contributed by atoms with Crippen LogP contribution in [0.3, 0.4) is 0 Å². The minimum atomic E-state index is -0.143. The zero-order valence-corrected chi connectivity index (χ0v) is 16.0. The largest absolute Gasteiger partial charge is 0.492 e. The first-order valence-corrected chi connectivity index (χ1v) is 8.92. The predicted molar refractivity (Wildman–Crippen MR) is 96.0 cm³/mol. The van der Waals surface area contributed by atoms with Crippen LogP contribution in [0.25, 0.3) is 0 Å². The van der Waals surface area contributed by atoms with E-state index in [9.17, 15) is 4.79 Å². The molecule has 1 fully saturated rings. The zero-order chi connectivity index (χ0) is 16.7. The fraction of sp³-hybridized carbons (Fsp3) is 0.467. The van der Waals surface area contributed by atoms with E-state index < -0.39 is 0 Å². The molecule has 23 heavy (non-hydrogen) atoms. The van der Waals surface area contributed by atoms with Crippen LogP contribution in [0.1, 0.15) is 12.5 Å². The summed E-state index contributed by atoms with van der Waals surface area (Å²) in [4.78, 5) is 13.9. The molecule has 1 aromatic carbocycles. The highest BCUT2D eigenvalue weighted by atomic mass is 79.9. The molecule has 0 radical (unpaired) electrons. The second-order valence-corrected chi connectivity index (χ2v) is 6.69. The molecule has 1 saturated heterocycles. The van der Waals surface area contributed by atoms with E-state index in [1.54, 1.807) is 6.21 Å².